The topological polar surface area (TPSA) is 58.6 Å². The summed E-state index contributed by atoms with van der Waals surface area (Å²) in [6.07, 6.45) is 3.90. The fourth-order valence-corrected chi connectivity index (χ4v) is 2.27. The van der Waals surface area contributed by atoms with Crippen molar-refractivity contribution in [2.24, 2.45) is 5.41 Å². The second-order valence-electron chi connectivity index (χ2n) is 5.54. The highest BCUT2D eigenvalue weighted by Crippen LogP contribution is 2.47. The molecule has 0 unspecified atom stereocenters. The number of carbonyl (C=O) groups excluding carboxylic acids is 1. The highest BCUT2D eigenvalue weighted by atomic mass is 16.5. The first kappa shape index (κ1) is 14.9. The molecule has 1 saturated carbocycles. The Bertz CT molecular complexity index is 455. The van der Waals surface area contributed by atoms with E-state index in [9.17, 15) is 4.79 Å². The number of benzene rings is 1. The largest absolute Gasteiger partial charge is 0.484 e. The SMILES string of the molecule is CCc1cccc(OCC(=O)NCC2(CCO)CC2)c1. The second-order valence-corrected chi connectivity index (χ2v) is 5.54. The van der Waals surface area contributed by atoms with Crippen molar-refractivity contribution >= 4 is 5.91 Å². The van der Waals surface area contributed by atoms with Crippen LogP contribution in [0.25, 0.3) is 0 Å². The average Bonchev–Trinajstić information content (AvgIpc) is 3.24. The van der Waals surface area contributed by atoms with Crippen molar-refractivity contribution < 1.29 is 14.6 Å². The Morgan fingerprint density at radius 3 is 2.90 bits per heavy atom. The summed E-state index contributed by atoms with van der Waals surface area (Å²) in [5.41, 5.74) is 1.34. The van der Waals surface area contributed by atoms with Crippen LogP contribution in [0, 0.1) is 5.41 Å². The van der Waals surface area contributed by atoms with E-state index >= 15 is 0 Å². The van der Waals surface area contributed by atoms with Gasteiger partial charge in [0.2, 0.25) is 0 Å². The Labute approximate surface area is 120 Å². The maximum Gasteiger partial charge on any atom is 0.257 e. The molecule has 4 nitrogen and oxygen atoms in total. The van der Waals surface area contributed by atoms with Crippen LogP contribution < -0.4 is 10.1 Å². The molecule has 20 heavy (non-hydrogen) atoms. The van der Waals surface area contributed by atoms with Gasteiger partial charge < -0.3 is 15.2 Å². The van der Waals surface area contributed by atoms with E-state index in [1.165, 1.54) is 5.56 Å². The van der Waals surface area contributed by atoms with E-state index in [1.54, 1.807) is 0 Å². The van der Waals surface area contributed by atoms with Gasteiger partial charge in [-0.2, -0.15) is 0 Å². The first-order chi connectivity index (χ1) is 9.67. The van der Waals surface area contributed by atoms with Gasteiger partial charge in [-0.25, -0.2) is 0 Å². The van der Waals surface area contributed by atoms with E-state index < -0.39 is 0 Å². The Morgan fingerprint density at radius 2 is 2.25 bits per heavy atom. The molecule has 4 heteroatoms. The quantitative estimate of drug-likeness (QED) is 0.763. The monoisotopic (exact) mass is 277 g/mol. The van der Waals surface area contributed by atoms with E-state index in [0.717, 1.165) is 31.4 Å². The molecular formula is C16H23NO3. The number of aliphatic hydroxyl groups excluding tert-OH is 1. The van der Waals surface area contributed by atoms with E-state index in [2.05, 4.69) is 12.2 Å². The summed E-state index contributed by atoms with van der Waals surface area (Å²) < 4.78 is 5.49. The number of carbonyl (C=O) groups is 1. The number of hydrogen-bond donors (Lipinski definition) is 2. The first-order valence-electron chi connectivity index (χ1n) is 7.27. The van der Waals surface area contributed by atoms with E-state index in [1.807, 2.05) is 24.3 Å². The molecule has 1 aliphatic carbocycles. The lowest BCUT2D eigenvalue weighted by atomic mass is 10.0. The van der Waals surface area contributed by atoms with Crippen LogP contribution >= 0.6 is 0 Å². The molecule has 1 amide bonds. The van der Waals surface area contributed by atoms with Gasteiger partial charge in [0, 0.05) is 13.2 Å². The van der Waals surface area contributed by atoms with Crippen LogP contribution in [0.2, 0.25) is 0 Å². The molecule has 0 bridgehead atoms. The third kappa shape index (κ3) is 4.23. The summed E-state index contributed by atoms with van der Waals surface area (Å²) in [4.78, 5) is 11.8. The van der Waals surface area contributed by atoms with Crippen LogP contribution in [0.3, 0.4) is 0 Å². The third-order valence-corrected chi connectivity index (χ3v) is 3.94. The number of nitrogens with one attached hydrogen (secondary N) is 1. The van der Waals surface area contributed by atoms with E-state index in [4.69, 9.17) is 9.84 Å². The van der Waals surface area contributed by atoms with Crippen molar-refractivity contribution in [2.45, 2.75) is 32.6 Å². The molecule has 1 fully saturated rings. The minimum Gasteiger partial charge on any atom is -0.484 e. The molecule has 0 heterocycles. The number of hydrogen-bond acceptors (Lipinski definition) is 3. The van der Waals surface area contributed by atoms with Crippen molar-refractivity contribution in [3.63, 3.8) is 0 Å². The zero-order valence-electron chi connectivity index (χ0n) is 12.0. The first-order valence-corrected chi connectivity index (χ1v) is 7.27. The van der Waals surface area contributed by atoms with Crippen molar-refractivity contribution in [1.82, 2.24) is 5.32 Å². The standard InChI is InChI=1S/C16H23NO3/c1-2-13-4-3-5-14(10-13)20-11-15(19)17-12-16(6-7-16)8-9-18/h3-5,10,18H,2,6-9,11-12H2,1H3,(H,17,19). The number of rotatable bonds is 8. The maximum absolute atomic E-state index is 11.8. The van der Waals surface area contributed by atoms with Crippen LogP contribution in [0.15, 0.2) is 24.3 Å². The lowest BCUT2D eigenvalue weighted by molar-refractivity contribution is -0.123. The normalized spacial score (nSPS) is 15.7. The van der Waals surface area contributed by atoms with Gasteiger partial charge in [0.25, 0.3) is 5.91 Å². The van der Waals surface area contributed by atoms with Crippen molar-refractivity contribution in [1.29, 1.82) is 0 Å². The fraction of sp³-hybridized carbons (Fsp3) is 0.562. The molecule has 0 radical (unpaired) electrons. The third-order valence-electron chi connectivity index (χ3n) is 3.94. The number of aryl methyl sites for hydroxylation is 1. The van der Waals surface area contributed by atoms with Crippen LogP contribution in [-0.4, -0.2) is 30.8 Å². The second kappa shape index (κ2) is 6.75. The summed E-state index contributed by atoms with van der Waals surface area (Å²) in [5.74, 6) is 0.632. The van der Waals surface area contributed by atoms with Gasteiger partial charge in [-0.05, 0) is 48.8 Å². The number of amides is 1. The van der Waals surface area contributed by atoms with Gasteiger partial charge in [-0.3, -0.25) is 4.79 Å². The van der Waals surface area contributed by atoms with Gasteiger partial charge in [-0.15, -0.1) is 0 Å². The Balaban J connectivity index is 1.72. The summed E-state index contributed by atoms with van der Waals surface area (Å²) in [7, 11) is 0. The highest BCUT2D eigenvalue weighted by molar-refractivity contribution is 5.77. The molecule has 2 N–H and O–H groups in total. The highest BCUT2D eigenvalue weighted by Gasteiger charge is 2.41. The summed E-state index contributed by atoms with van der Waals surface area (Å²) in [6, 6.07) is 7.80. The predicted molar refractivity (Wildman–Crippen MR) is 77.7 cm³/mol. The molecule has 1 aromatic carbocycles. The Morgan fingerprint density at radius 1 is 1.45 bits per heavy atom. The minimum absolute atomic E-state index is 0.0440. The van der Waals surface area contributed by atoms with Gasteiger partial charge >= 0.3 is 0 Å². The molecular weight excluding hydrogens is 254 g/mol. The molecule has 0 saturated heterocycles. The molecule has 1 aromatic rings. The molecule has 0 spiro atoms. The van der Waals surface area contributed by atoms with Crippen molar-refractivity contribution in [3.8, 4) is 5.75 Å². The van der Waals surface area contributed by atoms with Crippen LogP contribution in [0.5, 0.6) is 5.75 Å². The lowest BCUT2D eigenvalue weighted by Crippen LogP contribution is -2.34. The molecule has 0 aromatic heterocycles. The smallest absolute Gasteiger partial charge is 0.257 e. The fourth-order valence-electron chi connectivity index (χ4n) is 2.27. The Hall–Kier alpha value is -1.55. The molecule has 110 valence electrons. The van der Waals surface area contributed by atoms with E-state index in [-0.39, 0.29) is 24.5 Å². The lowest BCUT2D eigenvalue weighted by Gasteiger charge is -2.14. The molecule has 0 aliphatic heterocycles. The number of aliphatic hydroxyl groups is 1. The molecule has 0 atom stereocenters. The summed E-state index contributed by atoms with van der Waals surface area (Å²) in [5, 5.41) is 11.9. The maximum atomic E-state index is 11.8. The van der Waals surface area contributed by atoms with Gasteiger partial charge in [0.1, 0.15) is 5.75 Å². The van der Waals surface area contributed by atoms with Gasteiger partial charge in [0.05, 0.1) is 0 Å². The zero-order chi connectivity index (χ0) is 14.4. The summed E-state index contributed by atoms with van der Waals surface area (Å²) >= 11 is 0. The van der Waals surface area contributed by atoms with Crippen LogP contribution in [0.1, 0.15) is 31.7 Å². The molecule has 2 rings (SSSR count). The predicted octanol–water partition coefficient (Wildman–Crippen LogP) is 1.91. The van der Waals surface area contributed by atoms with Crippen molar-refractivity contribution in [3.05, 3.63) is 29.8 Å². The summed E-state index contributed by atoms with van der Waals surface area (Å²) in [6.45, 7) is 2.96. The Kier molecular flexibility index (Phi) is 5.01. The van der Waals surface area contributed by atoms with E-state index in [0.29, 0.717) is 6.54 Å². The zero-order valence-corrected chi connectivity index (χ0v) is 12.0. The van der Waals surface area contributed by atoms with Gasteiger partial charge in [-0.1, -0.05) is 19.1 Å². The molecule has 1 aliphatic rings. The average molecular weight is 277 g/mol. The van der Waals surface area contributed by atoms with Crippen LogP contribution in [-0.2, 0) is 11.2 Å². The minimum atomic E-state index is -0.101. The number of ether oxygens (including phenoxy) is 1. The van der Waals surface area contributed by atoms with Gasteiger partial charge in [0.15, 0.2) is 6.61 Å². The van der Waals surface area contributed by atoms with Crippen LogP contribution in [0.4, 0.5) is 0 Å². The van der Waals surface area contributed by atoms with Crippen molar-refractivity contribution in [2.75, 3.05) is 19.8 Å².